The minimum Gasteiger partial charge on any atom is -0.281 e. The van der Waals surface area contributed by atoms with Crippen LogP contribution in [0, 0.1) is 13.8 Å². The first kappa shape index (κ1) is 14.3. The zero-order valence-corrected chi connectivity index (χ0v) is 12.9. The van der Waals surface area contributed by atoms with Gasteiger partial charge in [-0.3, -0.25) is 14.9 Å². The first-order valence-electron chi connectivity index (χ1n) is 6.61. The maximum Gasteiger partial charge on any atom is 0.265 e. The molecule has 0 atom stereocenters. The molecule has 0 saturated heterocycles. The lowest BCUT2D eigenvalue weighted by atomic mass is 10.1. The second-order valence-electron chi connectivity index (χ2n) is 4.92. The third kappa shape index (κ3) is 2.60. The maximum absolute atomic E-state index is 12.4. The van der Waals surface area contributed by atoms with Gasteiger partial charge in [-0.2, -0.15) is 10.2 Å². The van der Waals surface area contributed by atoms with E-state index in [0.717, 1.165) is 11.3 Å². The molecule has 2 heterocycles. The molecule has 8 heteroatoms. The largest absolute Gasteiger partial charge is 0.281 e. The Morgan fingerprint density at radius 3 is 2.32 bits per heavy atom. The molecule has 22 heavy (non-hydrogen) atoms. The van der Waals surface area contributed by atoms with E-state index in [-0.39, 0.29) is 4.90 Å². The van der Waals surface area contributed by atoms with Crippen molar-refractivity contribution in [3.8, 4) is 11.3 Å². The highest BCUT2D eigenvalue weighted by molar-refractivity contribution is 7.92. The molecule has 0 amide bonds. The molecule has 0 aliphatic carbocycles. The molecule has 3 N–H and O–H groups in total. The van der Waals surface area contributed by atoms with E-state index in [1.54, 1.807) is 32.2 Å². The predicted molar refractivity (Wildman–Crippen MR) is 82.9 cm³/mol. The molecular formula is C14H15N5O2S. The molecule has 0 fully saturated rings. The summed E-state index contributed by atoms with van der Waals surface area (Å²) in [6.45, 7) is 3.33. The van der Waals surface area contributed by atoms with Crippen LogP contribution in [0.15, 0.2) is 41.4 Å². The molecule has 0 aliphatic heterocycles. The molecule has 1 aromatic carbocycles. The predicted octanol–water partition coefficient (Wildman–Crippen LogP) is 2.22. The summed E-state index contributed by atoms with van der Waals surface area (Å²) in [5, 5.41) is 13.3. The number of sulfonamides is 1. The van der Waals surface area contributed by atoms with Crippen LogP contribution in [0.4, 0.5) is 5.69 Å². The number of nitrogens with one attached hydrogen (secondary N) is 3. The summed E-state index contributed by atoms with van der Waals surface area (Å²) in [6, 6.07) is 8.90. The normalized spacial score (nSPS) is 11.5. The Hall–Kier alpha value is -2.61. The SMILES string of the molecule is Cc1n[nH]c(C)c1S(=O)(=O)Nc1ccc(-c2ccn[nH]2)cc1. The second-order valence-corrected chi connectivity index (χ2v) is 6.54. The van der Waals surface area contributed by atoms with Crippen molar-refractivity contribution in [2.45, 2.75) is 18.7 Å². The first-order chi connectivity index (χ1) is 10.5. The average Bonchev–Trinajstić information content (AvgIpc) is 3.09. The van der Waals surface area contributed by atoms with Gasteiger partial charge in [0.2, 0.25) is 0 Å². The Labute approximate surface area is 127 Å². The number of hydrogen-bond acceptors (Lipinski definition) is 4. The number of anilines is 1. The standard InChI is InChI=1S/C14H15N5O2S/c1-9-14(10(2)17-16-9)22(20,21)19-12-5-3-11(4-6-12)13-7-8-15-18-13/h3-8,19H,1-2H3,(H,15,18)(H,16,17). The number of benzene rings is 1. The van der Waals surface area contributed by atoms with Gasteiger partial charge < -0.3 is 0 Å². The van der Waals surface area contributed by atoms with Crippen molar-refractivity contribution in [3.05, 3.63) is 47.9 Å². The van der Waals surface area contributed by atoms with Gasteiger partial charge in [0, 0.05) is 11.9 Å². The van der Waals surface area contributed by atoms with Gasteiger partial charge in [0.25, 0.3) is 10.0 Å². The van der Waals surface area contributed by atoms with Crippen LogP contribution in [0.1, 0.15) is 11.4 Å². The van der Waals surface area contributed by atoms with Crippen LogP contribution in [0.5, 0.6) is 0 Å². The molecular weight excluding hydrogens is 302 g/mol. The summed E-state index contributed by atoms with van der Waals surface area (Å²) in [6.07, 6.45) is 1.66. The van der Waals surface area contributed by atoms with Gasteiger partial charge in [-0.1, -0.05) is 12.1 Å². The second kappa shape index (κ2) is 5.30. The monoisotopic (exact) mass is 317 g/mol. The fraction of sp³-hybridized carbons (Fsp3) is 0.143. The van der Waals surface area contributed by atoms with Gasteiger partial charge >= 0.3 is 0 Å². The highest BCUT2D eigenvalue weighted by atomic mass is 32.2. The van der Waals surface area contributed by atoms with Crippen LogP contribution in [-0.4, -0.2) is 28.8 Å². The maximum atomic E-state index is 12.4. The molecule has 114 valence electrons. The molecule has 0 radical (unpaired) electrons. The lowest BCUT2D eigenvalue weighted by Crippen LogP contribution is -2.14. The molecule has 0 aliphatic rings. The van der Waals surface area contributed by atoms with Crippen molar-refractivity contribution in [2.75, 3.05) is 4.72 Å². The summed E-state index contributed by atoms with van der Waals surface area (Å²) in [5.74, 6) is 0. The van der Waals surface area contributed by atoms with E-state index in [2.05, 4.69) is 25.1 Å². The summed E-state index contributed by atoms with van der Waals surface area (Å²) in [5.41, 5.74) is 3.24. The lowest BCUT2D eigenvalue weighted by molar-refractivity contribution is 0.600. The van der Waals surface area contributed by atoms with Crippen molar-refractivity contribution < 1.29 is 8.42 Å². The third-order valence-corrected chi connectivity index (χ3v) is 4.92. The van der Waals surface area contributed by atoms with Crippen LogP contribution in [-0.2, 0) is 10.0 Å². The average molecular weight is 317 g/mol. The fourth-order valence-electron chi connectivity index (χ4n) is 2.28. The van der Waals surface area contributed by atoms with E-state index < -0.39 is 10.0 Å². The van der Waals surface area contributed by atoms with Crippen LogP contribution in [0.25, 0.3) is 11.3 Å². The van der Waals surface area contributed by atoms with Crippen molar-refractivity contribution in [3.63, 3.8) is 0 Å². The Balaban J connectivity index is 1.87. The molecule has 7 nitrogen and oxygen atoms in total. The summed E-state index contributed by atoms with van der Waals surface area (Å²) < 4.78 is 27.4. The minimum atomic E-state index is -3.66. The van der Waals surface area contributed by atoms with Gasteiger partial charge in [0.05, 0.1) is 17.1 Å². The van der Waals surface area contributed by atoms with Crippen molar-refractivity contribution >= 4 is 15.7 Å². The molecule has 0 unspecified atom stereocenters. The highest BCUT2D eigenvalue weighted by Crippen LogP contribution is 2.23. The van der Waals surface area contributed by atoms with Crippen LogP contribution < -0.4 is 4.72 Å². The van der Waals surface area contributed by atoms with E-state index >= 15 is 0 Å². The van der Waals surface area contributed by atoms with E-state index in [9.17, 15) is 8.42 Å². The van der Waals surface area contributed by atoms with Gasteiger partial charge in [-0.25, -0.2) is 8.42 Å². The first-order valence-corrected chi connectivity index (χ1v) is 8.10. The van der Waals surface area contributed by atoms with Crippen molar-refractivity contribution in [2.24, 2.45) is 0 Å². The quantitative estimate of drug-likeness (QED) is 0.686. The van der Waals surface area contributed by atoms with Gasteiger partial charge in [0.15, 0.2) is 0 Å². The zero-order chi connectivity index (χ0) is 15.7. The lowest BCUT2D eigenvalue weighted by Gasteiger charge is -2.08. The summed E-state index contributed by atoms with van der Waals surface area (Å²) in [7, 11) is -3.66. The van der Waals surface area contributed by atoms with Crippen LogP contribution in [0.2, 0.25) is 0 Å². The molecule has 0 bridgehead atoms. The number of nitrogens with zero attached hydrogens (tertiary/aromatic N) is 2. The van der Waals surface area contributed by atoms with Gasteiger partial charge in [-0.15, -0.1) is 0 Å². The van der Waals surface area contributed by atoms with Crippen molar-refractivity contribution in [1.82, 2.24) is 20.4 Å². The smallest absolute Gasteiger partial charge is 0.265 e. The van der Waals surface area contributed by atoms with E-state index in [1.165, 1.54) is 0 Å². The van der Waals surface area contributed by atoms with Crippen LogP contribution >= 0.6 is 0 Å². The van der Waals surface area contributed by atoms with Crippen LogP contribution in [0.3, 0.4) is 0 Å². The number of hydrogen-bond donors (Lipinski definition) is 3. The van der Waals surface area contributed by atoms with E-state index in [0.29, 0.717) is 17.1 Å². The Morgan fingerprint density at radius 2 is 1.77 bits per heavy atom. The van der Waals surface area contributed by atoms with Gasteiger partial charge in [-0.05, 0) is 37.6 Å². The number of aromatic amines is 2. The Kier molecular flexibility index (Phi) is 3.45. The topological polar surface area (TPSA) is 104 Å². The Morgan fingerprint density at radius 1 is 1.05 bits per heavy atom. The van der Waals surface area contributed by atoms with Gasteiger partial charge in [0.1, 0.15) is 4.90 Å². The van der Waals surface area contributed by atoms with Crippen molar-refractivity contribution in [1.29, 1.82) is 0 Å². The fourth-order valence-corrected chi connectivity index (χ4v) is 3.71. The third-order valence-electron chi connectivity index (χ3n) is 3.28. The zero-order valence-electron chi connectivity index (χ0n) is 12.1. The van der Waals surface area contributed by atoms with E-state index in [4.69, 9.17) is 0 Å². The molecule has 0 saturated carbocycles. The minimum absolute atomic E-state index is 0.185. The van der Waals surface area contributed by atoms with E-state index in [1.807, 2.05) is 18.2 Å². The molecule has 0 spiro atoms. The highest BCUT2D eigenvalue weighted by Gasteiger charge is 2.22. The number of H-pyrrole nitrogens is 2. The molecule has 3 aromatic rings. The molecule has 3 rings (SSSR count). The summed E-state index contributed by atoms with van der Waals surface area (Å²) >= 11 is 0. The number of aryl methyl sites for hydroxylation is 2. The molecule has 2 aromatic heterocycles. The number of rotatable bonds is 4. The Bertz CT molecular complexity index is 860. The number of aromatic nitrogens is 4. The summed E-state index contributed by atoms with van der Waals surface area (Å²) in [4.78, 5) is 0.185.